The third kappa shape index (κ3) is 6.06. The summed E-state index contributed by atoms with van der Waals surface area (Å²) in [6, 6.07) is -1.85. The van der Waals surface area contributed by atoms with E-state index in [9.17, 15) is 24.0 Å². The Balaban J connectivity index is 1.70. The largest absolute Gasteiger partial charge is 0.480 e. The second-order valence-electron chi connectivity index (χ2n) is 8.66. The van der Waals surface area contributed by atoms with Crippen LogP contribution in [0.3, 0.4) is 0 Å². The predicted molar refractivity (Wildman–Crippen MR) is 127 cm³/mol. The van der Waals surface area contributed by atoms with Gasteiger partial charge in [-0.05, 0) is 13.8 Å². The first kappa shape index (κ1) is 26.8. The van der Waals surface area contributed by atoms with Crippen molar-refractivity contribution in [2.24, 2.45) is 5.16 Å². The summed E-state index contributed by atoms with van der Waals surface area (Å²) in [5.41, 5.74) is 4.08. The maximum atomic E-state index is 13.0. The highest BCUT2D eigenvalue weighted by Gasteiger charge is 2.44. The number of amides is 5. The summed E-state index contributed by atoms with van der Waals surface area (Å²) in [5.74, 6) is -3.07. The first-order chi connectivity index (χ1) is 16.9. The van der Waals surface area contributed by atoms with Crippen LogP contribution in [0.4, 0.5) is 9.93 Å². The standard InChI is InChI=1S/C20H28N8O7S/c1-20(2,17(33)27-6-4-22-5-7-27)35-25-14(12-10-36-18(21)24-12)15(31)23-11-8-28(16(11)32)19(34)26(3)9-13(29)30/h10-11,22H,4-9H2,1-3H3,(H2,21,24)(H,23,31)(H,29,30)/t11-/m0/s1. The van der Waals surface area contributed by atoms with Crippen LogP contribution >= 0.6 is 11.3 Å². The summed E-state index contributed by atoms with van der Waals surface area (Å²) < 4.78 is 0. The number of piperazine rings is 1. The van der Waals surface area contributed by atoms with Gasteiger partial charge in [0.25, 0.3) is 17.7 Å². The fourth-order valence-corrected chi connectivity index (χ4v) is 4.01. The number of thiazole rings is 1. The first-order valence-corrected chi connectivity index (χ1v) is 11.9. The zero-order valence-corrected chi connectivity index (χ0v) is 20.8. The van der Waals surface area contributed by atoms with Crippen molar-refractivity contribution in [1.82, 2.24) is 30.3 Å². The molecule has 196 valence electrons. The number of carboxylic acid groups (broad SMARTS) is 1. The van der Waals surface area contributed by atoms with Crippen LogP contribution in [-0.2, 0) is 24.0 Å². The van der Waals surface area contributed by atoms with E-state index in [1.165, 1.54) is 26.3 Å². The number of nitrogens with zero attached hydrogens (tertiary/aromatic N) is 5. The van der Waals surface area contributed by atoms with E-state index in [0.717, 1.165) is 21.1 Å². The number of carbonyl (C=O) groups is 5. The van der Waals surface area contributed by atoms with E-state index in [1.807, 2.05) is 0 Å². The number of likely N-dealkylation sites (tertiary alicyclic amines) is 1. The lowest BCUT2D eigenvalue weighted by Crippen LogP contribution is -2.67. The number of carboxylic acids is 1. The van der Waals surface area contributed by atoms with Gasteiger partial charge in [-0.3, -0.25) is 24.1 Å². The van der Waals surface area contributed by atoms with Gasteiger partial charge in [0, 0.05) is 38.6 Å². The molecule has 36 heavy (non-hydrogen) atoms. The van der Waals surface area contributed by atoms with E-state index < -0.39 is 42.0 Å². The minimum atomic E-state index is -1.39. The molecule has 0 spiro atoms. The second-order valence-corrected chi connectivity index (χ2v) is 9.55. The highest BCUT2D eigenvalue weighted by atomic mass is 32.1. The Hall–Kier alpha value is -3.79. The lowest BCUT2D eigenvalue weighted by molar-refractivity contribution is -0.155. The fraction of sp³-hybridized carbons (Fsp3) is 0.550. The van der Waals surface area contributed by atoms with Crippen molar-refractivity contribution < 1.29 is 33.9 Å². The number of anilines is 1. The topological polar surface area (TPSA) is 200 Å². The van der Waals surface area contributed by atoms with Crippen molar-refractivity contribution in [3.63, 3.8) is 0 Å². The normalized spacial score (nSPS) is 18.4. The molecule has 16 heteroatoms. The lowest BCUT2D eigenvalue weighted by Gasteiger charge is -2.38. The number of nitrogen functional groups attached to an aromatic ring is 1. The highest BCUT2D eigenvalue weighted by molar-refractivity contribution is 7.13. The van der Waals surface area contributed by atoms with Gasteiger partial charge in [-0.2, -0.15) is 0 Å². The average molecular weight is 525 g/mol. The van der Waals surface area contributed by atoms with E-state index in [4.69, 9.17) is 15.7 Å². The summed E-state index contributed by atoms with van der Waals surface area (Å²) in [6.45, 7) is 4.62. The van der Waals surface area contributed by atoms with Crippen LogP contribution in [0.15, 0.2) is 10.5 Å². The van der Waals surface area contributed by atoms with Crippen LogP contribution in [0.1, 0.15) is 19.5 Å². The number of oxime groups is 1. The van der Waals surface area contributed by atoms with E-state index >= 15 is 0 Å². The van der Waals surface area contributed by atoms with Crippen molar-refractivity contribution in [2.45, 2.75) is 25.5 Å². The van der Waals surface area contributed by atoms with E-state index in [1.54, 1.807) is 4.90 Å². The molecule has 0 aliphatic carbocycles. The van der Waals surface area contributed by atoms with Crippen molar-refractivity contribution in [1.29, 1.82) is 0 Å². The average Bonchev–Trinajstić information content (AvgIpc) is 3.26. The molecule has 0 bridgehead atoms. The number of nitrogens with two attached hydrogens (primary N) is 1. The maximum absolute atomic E-state index is 13.0. The third-order valence-corrected chi connectivity index (χ3v) is 6.10. The number of imide groups is 1. The minimum Gasteiger partial charge on any atom is -0.480 e. The molecular formula is C20H28N8O7S. The van der Waals surface area contributed by atoms with Crippen molar-refractivity contribution in [3.05, 3.63) is 11.1 Å². The molecule has 2 saturated heterocycles. The molecule has 3 heterocycles. The number of aromatic nitrogens is 1. The molecule has 0 unspecified atom stereocenters. The number of hydrogen-bond acceptors (Lipinski definition) is 11. The summed E-state index contributed by atoms with van der Waals surface area (Å²) in [6.07, 6.45) is 0. The van der Waals surface area contributed by atoms with Crippen LogP contribution in [0.25, 0.3) is 0 Å². The van der Waals surface area contributed by atoms with E-state index in [0.29, 0.717) is 26.2 Å². The van der Waals surface area contributed by atoms with Crippen LogP contribution < -0.4 is 16.4 Å². The highest BCUT2D eigenvalue weighted by Crippen LogP contribution is 2.19. The molecule has 2 aliphatic heterocycles. The molecular weight excluding hydrogens is 496 g/mol. The van der Waals surface area contributed by atoms with Gasteiger partial charge in [0.05, 0.1) is 6.54 Å². The molecule has 5 N–H and O–H groups in total. The molecule has 1 atom stereocenters. The number of urea groups is 1. The van der Waals surface area contributed by atoms with Crippen LogP contribution in [-0.4, -0.2) is 118 Å². The van der Waals surface area contributed by atoms with Crippen LogP contribution in [0.5, 0.6) is 0 Å². The summed E-state index contributed by atoms with van der Waals surface area (Å²) in [7, 11) is 1.24. The quantitative estimate of drug-likeness (QED) is 0.169. The van der Waals surface area contributed by atoms with Gasteiger partial charge in [-0.15, -0.1) is 11.3 Å². The van der Waals surface area contributed by atoms with Crippen molar-refractivity contribution in [3.8, 4) is 0 Å². The SMILES string of the molecule is CN(CC(=O)O)C(=O)N1C[C@H](NC(=O)C(=NOC(C)(C)C(=O)N2CCNCC2)c2csc(N)n2)C1=O. The Bertz CT molecular complexity index is 1080. The Kier molecular flexibility index (Phi) is 8.09. The smallest absolute Gasteiger partial charge is 0.327 e. The predicted octanol–water partition coefficient (Wildman–Crippen LogP) is -1.88. The Labute approximate surface area is 210 Å². The minimum absolute atomic E-state index is 0.0846. The van der Waals surface area contributed by atoms with Crippen molar-refractivity contribution in [2.75, 3.05) is 52.0 Å². The van der Waals surface area contributed by atoms with E-state index in [-0.39, 0.29) is 29.0 Å². The number of likely N-dealkylation sites (N-methyl/N-ethyl adjacent to an activating group) is 1. The monoisotopic (exact) mass is 524 g/mol. The van der Waals surface area contributed by atoms with Gasteiger partial charge in [0.15, 0.2) is 10.8 Å². The molecule has 2 aliphatic rings. The zero-order chi connectivity index (χ0) is 26.6. The van der Waals surface area contributed by atoms with Gasteiger partial charge >= 0.3 is 12.0 Å². The lowest BCUT2D eigenvalue weighted by atomic mass is 10.1. The molecule has 2 fully saturated rings. The molecule has 0 saturated carbocycles. The summed E-state index contributed by atoms with van der Waals surface area (Å²) in [5, 5.41) is 20.0. The Morgan fingerprint density at radius 2 is 2.03 bits per heavy atom. The van der Waals surface area contributed by atoms with Crippen LogP contribution in [0.2, 0.25) is 0 Å². The summed E-state index contributed by atoms with van der Waals surface area (Å²) in [4.78, 5) is 74.2. The zero-order valence-electron chi connectivity index (χ0n) is 20.0. The van der Waals surface area contributed by atoms with Gasteiger partial charge in [0.1, 0.15) is 18.3 Å². The number of nitrogens with one attached hydrogen (secondary N) is 2. The van der Waals surface area contributed by atoms with Gasteiger partial charge in [0.2, 0.25) is 5.60 Å². The van der Waals surface area contributed by atoms with Gasteiger partial charge in [-0.1, -0.05) is 5.16 Å². The Morgan fingerprint density at radius 3 is 2.58 bits per heavy atom. The summed E-state index contributed by atoms with van der Waals surface area (Å²) >= 11 is 1.06. The first-order valence-electron chi connectivity index (χ1n) is 11.0. The number of hydrogen-bond donors (Lipinski definition) is 4. The number of carbonyl (C=O) groups excluding carboxylic acids is 4. The third-order valence-electron chi connectivity index (χ3n) is 5.43. The fourth-order valence-electron chi connectivity index (χ4n) is 3.46. The molecule has 5 amide bonds. The van der Waals surface area contributed by atoms with E-state index in [2.05, 4.69) is 20.8 Å². The molecule has 1 aromatic rings. The molecule has 0 aromatic carbocycles. The van der Waals surface area contributed by atoms with Gasteiger partial charge in [-0.25, -0.2) is 9.78 Å². The molecule has 15 nitrogen and oxygen atoms in total. The Morgan fingerprint density at radius 1 is 1.36 bits per heavy atom. The number of aliphatic carboxylic acids is 1. The molecule has 3 rings (SSSR count). The molecule has 1 aromatic heterocycles. The number of β-lactam (4-membered cyclic amide) rings is 1. The van der Waals surface area contributed by atoms with Crippen molar-refractivity contribution >= 4 is 51.9 Å². The second kappa shape index (κ2) is 10.9. The van der Waals surface area contributed by atoms with Crippen LogP contribution in [0, 0.1) is 0 Å². The maximum Gasteiger partial charge on any atom is 0.327 e. The molecule has 0 radical (unpaired) electrons. The number of rotatable bonds is 8. The van der Waals surface area contributed by atoms with Gasteiger partial charge < -0.3 is 36.1 Å².